The van der Waals surface area contributed by atoms with Gasteiger partial charge < -0.3 is 5.11 Å². The molecule has 68 valence electrons. The Balaban J connectivity index is 2.02. The predicted molar refractivity (Wildman–Crippen MR) is 49.8 cm³/mol. The van der Waals surface area contributed by atoms with Crippen LogP contribution in [0, 0.1) is 17.3 Å². The Morgan fingerprint density at radius 1 is 1.25 bits per heavy atom. The van der Waals surface area contributed by atoms with Gasteiger partial charge in [0.25, 0.3) is 0 Å². The minimum absolute atomic E-state index is 0.284. The van der Waals surface area contributed by atoms with Crippen molar-refractivity contribution >= 4 is 0 Å². The van der Waals surface area contributed by atoms with Crippen molar-refractivity contribution in [2.45, 2.75) is 32.6 Å². The second kappa shape index (κ2) is 2.88. The van der Waals surface area contributed by atoms with Gasteiger partial charge in [-0.3, -0.25) is 0 Å². The van der Waals surface area contributed by atoms with E-state index in [9.17, 15) is 5.11 Å². The van der Waals surface area contributed by atoms with Crippen molar-refractivity contribution in [2.24, 2.45) is 17.3 Å². The molecule has 0 aromatic carbocycles. The summed E-state index contributed by atoms with van der Waals surface area (Å²) in [6.45, 7) is 2.63. The monoisotopic (exact) mass is 166 g/mol. The quantitative estimate of drug-likeness (QED) is 0.593. The molecule has 1 N–H and O–H groups in total. The molecule has 0 saturated heterocycles. The van der Waals surface area contributed by atoms with E-state index >= 15 is 0 Å². The lowest BCUT2D eigenvalue weighted by Gasteiger charge is -2.05. The van der Waals surface area contributed by atoms with E-state index in [1.165, 1.54) is 25.7 Å². The van der Waals surface area contributed by atoms with E-state index in [0.717, 1.165) is 11.8 Å². The summed E-state index contributed by atoms with van der Waals surface area (Å²) in [5.41, 5.74) is 0.284. The highest BCUT2D eigenvalue weighted by Crippen LogP contribution is 2.62. The molecule has 0 aliphatic heterocycles. The number of fused-ring (bicyclic) bond motifs is 1. The predicted octanol–water partition coefficient (Wildman–Crippen LogP) is 2.36. The molecule has 0 spiro atoms. The first-order valence-electron chi connectivity index (χ1n) is 5.05. The van der Waals surface area contributed by atoms with Gasteiger partial charge in [0.15, 0.2) is 0 Å². The van der Waals surface area contributed by atoms with Crippen LogP contribution in [0.25, 0.3) is 0 Å². The molecular weight excluding hydrogens is 148 g/mol. The van der Waals surface area contributed by atoms with Gasteiger partial charge in [-0.2, -0.15) is 0 Å². The van der Waals surface area contributed by atoms with E-state index in [0.29, 0.717) is 6.61 Å². The second-order valence-electron chi connectivity index (χ2n) is 4.50. The lowest BCUT2D eigenvalue weighted by Crippen LogP contribution is -2.05. The normalized spacial score (nSPS) is 48.8. The van der Waals surface area contributed by atoms with Crippen LogP contribution in [0.5, 0.6) is 0 Å². The number of rotatable bonds is 1. The molecule has 0 aromatic rings. The molecule has 1 saturated carbocycles. The largest absolute Gasteiger partial charge is 0.396 e. The van der Waals surface area contributed by atoms with Crippen molar-refractivity contribution in [2.75, 3.05) is 6.61 Å². The Labute approximate surface area is 74.5 Å². The summed E-state index contributed by atoms with van der Waals surface area (Å²) in [6, 6.07) is 0. The van der Waals surface area contributed by atoms with Gasteiger partial charge >= 0.3 is 0 Å². The fourth-order valence-electron chi connectivity index (χ4n) is 2.85. The number of hydrogen-bond acceptors (Lipinski definition) is 1. The molecule has 0 heterocycles. The zero-order chi connectivity index (χ0) is 8.60. The summed E-state index contributed by atoms with van der Waals surface area (Å²) in [5.74, 6) is 1.62. The minimum Gasteiger partial charge on any atom is -0.396 e. The Morgan fingerprint density at radius 2 is 1.75 bits per heavy atom. The smallest absolute Gasteiger partial charge is 0.0490 e. The van der Waals surface area contributed by atoms with Gasteiger partial charge in [0.05, 0.1) is 0 Å². The molecule has 0 aromatic heterocycles. The Bertz CT molecular complexity index is 179. The van der Waals surface area contributed by atoms with Crippen LogP contribution in [-0.2, 0) is 0 Å². The topological polar surface area (TPSA) is 20.2 Å². The van der Waals surface area contributed by atoms with Crippen LogP contribution in [0.3, 0.4) is 0 Å². The third-order valence-corrected chi connectivity index (χ3v) is 3.87. The van der Waals surface area contributed by atoms with Crippen molar-refractivity contribution in [3.8, 4) is 0 Å². The summed E-state index contributed by atoms with van der Waals surface area (Å²) < 4.78 is 0. The lowest BCUT2D eigenvalue weighted by atomic mass is 10.0. The van der Waals surface area contributed by atoms with Crippen molar-refractivity contribution < 1.29 is 5.11 Å². The highest BCUT2D eigenvalue weighted by Gasteiger charge is 2.58. The molecule has 0 radical (unpaired) electrons. The van der Waals surface area contributed by atoms with Gasteiger partial charge in [-0.1, -0.05) is 19.1 Å². The standard InChI is InChI=1S/C11H18O/c1-11(8-12)9-6-4-2-3-5-7-10(9)11/h2-3,9-10,12H,4-8H2,1H3/b3-2-/t9-,10+,11?. The number of aliphatic hydroxyl groups is 1. The maximum atomic E-state index is 9.26. The summed E-state index contributed by atoms with van der Waals surface area (Å²) >= 11 is 0. The molecular formula is C11H18O. The van der Waals surface area contributed by atoms with Crippen molar-refractivity contribution in [3.05, 3.63) is 12.2 Å². The first-order chi connectivity index (χ1) is 5.79. The van der Waals surface area contributed by atoms with E-state index in [1.807, 2.05) is 0 Å². The molecule has 2 aliphatic carbocycles. The van der Waals surface area contributed by atoms with E-state index < -0.39 is 0 Å². The minimum atomic E-state index is 0.284. The van der Waals surface area contributed by atoms with E-state index in [4.69, 9.17) is 0 Å². The first-order valence-corrected chi connectivity index (χ1v) is 5.05. The first kappa shape index (κ1) is 8.31. The third kappa shape index (κ3) is 1.11. The number of aliphatic hydroxyl groups excluding tert-OH is 1. The molecule has 2 rings (SSSR count). The van der Waals surface area contributed by atoms with Crippen molar-refractivity contribution in [1.29, 1.82) is 0 Å². The highest BCUT2D eigenvalue weighted by atomic mass is 16.3. The van der Waals surface area contributed by atoms with Gasteiger partial charge in [-0.15, -0.1) is 0 Å². The zero-order valence-corrected chi connectivity index (χ0v) is 7.79. The van der Waals surface area contributed by atoms with E-state index in [2.05, 4.69) is 19.1 Å². The van der Waals surface area contributed by atoms with Crippen molar-refractivity contribution in [1.82, 2.24) is 0 Å². The van der Waals surface area contributed by atoms with E-state index in [-0.39, 0.29) is 5.41 Å². The third-order valence-electron chi connectivity index (χ3n) is 3.87. The van der Waals surface area contributed by atoms with Gasteiger partial charge in [0, 0.05) is 6.61 Å². The Morgan fingerprint density at radius 3 is 2.17 bits per heavy atom. The van der Waals surface area contributed by atoms with Crippen LogP contribution in [0.15, 0.2) is 12.2 Å². The molecule has 1 nitrogen and oxygen atoms in total. The highest BCUT2D eigenvalue weighted by molar-refractivity contribution is 5.09. The molecule has 12 heavy (non-hydrogen) atoms. The Kier molecular flexibility index (Phi) is 1.99. The molecule has 3 atom stereocenters. The van der Waals surface area contributed by atoms with E-state index in [1.54, 1.807) is 0 Å². The summed E-state index contributed by atoms with van der Waals surface area (Å²) in [5, 5.41) is 9.26. The van der Waals surface area contributed by atoms with Crippen LogP contribution >= 0.6 is 0 Å². The summed E-state index contributed by atoms with van der Waals surface area (Å²) in [4.78, 5) is 0. The lowest BCUT2D eigenvalue weighted by molar-refractivity contribution is 0.201. The molecule has 0 bridgehead atoms. The second-order valence-corrected chi connectivity index (χ2v) is 4.50. The van der Waals surface area contributed by atoms with Gasteiger partial charge in [0.2, 0.25) is 0 Å². The SMILES string of the molecule is CC1(CO)[C@@H]2CC/C=C\CC[C@@H]21. The summed E-state index contributed by atoms with van der Waals surface area (Å²) in [7, 11) is 0. The Hall–Kier alpha value is -0.300. The molecule has 1 unspecified atom stereocenters. The average Bonchev–Trinajstić information content (AvgIpc) is 2.54. The maximum Gasteiger partial charge on any atom is 0.0490 e. The molecule has 1 heteroatoms. The van der Waals surface area contributed by atoms with Crippen LogP contribution in [0.2, 0.25) is 0 Å². The average molecular weight is 166 g/mol. The van der Waals surface area contributed by atoms with Gasteiger partial charge in [0.1, 0.15) is 0 Å². The fraction of sp³-hybridized carbons (Fsp3) is 0.818. The van der Waals surface area contributed by atoms with Gasteiger partial charge in [-0.05, 0) is 42.9 Å². The van der Waals surface area contributed by atoms with Crippen LogP contribution < -0.4 is 0 Å². The molecule has 2 aliphatic rings. The zero-order valence-electron chi connectivity index (χ0n) is 7.79. The fourth-order valence-corrected chi connectivity index (χ4v) is 2.85. The van der Waals surface area contributed by atoms with Crippen LogP contribution in [0.1, 0.15) is 32.6 Å². The van der Waals surface area contributed by atoms with Crippen molar-refractivity contribution in [3.63, 3.8) is 0 Å². The molecule has 0 amide bonds. The number of allylic oxidation sites excluding steroid dienone is 2. The maximum absolute atomic E-state index is 9.26. The number of hydrogen-bond donors (Lipinski definition) is 1. The molecule has 1 fully saturated rings. The van der Waals surface area contributed by atoms with Crippen LogP contribution in [-0.4, -0.2) is 11.7 Å². The summed E-state index contributed by atoms with van der Waals surface area (Å²) in [6.07, 6.45) is 9.61. The van der Waals surface area contributed by atoms with Crippen LogP contribution in [0.4, 0.5) is 0 Å². The van der Waals surface area contributed by atoms with Gasteiger partial charge in [-0.25, -0.2) is 0 Å².